The molecule has 0 radical (unpaired) electrons. The maximum absolute atomic E-state index is 13.3. The minimum atomic E-state index is -3.94. The second-order valence-electron chi connectivity index (χ2n) is 7.61. The average molecular weight is 481 g/mol. The zero-order valence-corrected chi connectivity index (χ0v) is 19.9. The molecule has 0 atom stereocenters. The van der Waals surface area contributed by atoms with Gasteiger partial charge in [0.2, 0.25) is 5.91 Å². The molecule has 3 rings (SSSR count). The molecule has 0 spiro atoms. The molecule has 31 heavy (non-hydrogen) atoms. The van der Waals surface area contributed by atoms with E-state index in [1.165, 1.54) is 44.2 Å². The maximum atomic E-state index is 13.3. The Hall–Kier alpha value is -1.70. The van der Waals surface area contributed by atoms with Gasteiger partial charge in [-0.25, -0.2) is 8.42 Å². The zero-order chi connectivity index (χ0) is 22.1. The van der Waals surface area contributed by atoms with Crippen molar-refractivity contribution in [3.63, 3.8) is 0 Å². The van der Waals surface area contributed by atoms with E-state index in [9.17, 15) is 13.2 Å². The minimum Gasteiger partial charge on any atom is -0.354 e. The Labute approximate surface area is 194 Å². The lowest BCUT2D eigenvalue weighted by molar-refractivity contribution is -0.119. The van der Waals surface area contributed by atoms with Gasteiger partial charge in [-0.2, -0.15) is 11.8 Å². The molecule has 0 heterocycles. The minimum absolute atomic E-state index is 0.117. The van der Waals surface area contributed by atoms with Crippen LogP contribution in [0.5, 0.6) is 0 Å². The molecule has 0 saturated heterocycles. The largest absolute Gasteiger partial charge is 0.354 e. The molecule has 1 aliphatic rings. The van der Waals surface area contributed by atoms with Crippen LogP contribution in [0.15, 0.2) is 59.5 Å². The van der Waals surface area contributed by atoms with Gasteiger partial charge in [0, 0.05) is 11.8 Å². The lowest BCUT2D eigenvalue weighted by Crippen LogP contribution is -2.41. The molecular formula is C23H29ClN2O3S2. The number of rotatable bonds is 10. The van der Waals surface area contributed by atoms with Crippen molar-refractivity contribution in [1.82, 2.24) is 5.32 Å². The van der Waals surface area contributed by atoms with Crippen LogP contribution in [0.2, 0.25) is 5.02 Å². The number of carbonyl (C=O) groups is 1. The van der Waals surface area contributed by atoms with Crippen LogP contribution in [-0.4, -0.2) is 38.4 Å². The third-order valence-corrected chi connectivity index (χ3v) is 8.85. The first kappa shape index (κ1) is 24.0. The fourth-order valence-electron chi connectivity index (χ4n) is 3.64. The van der Waals surface area contributed by atoms with E-state index in [4.69, 9.17) is 11.6 Å². The predicted molar refractivity (Wildman–Crippen MR) is 129 cm³/mol. The third-order valence-electron chi connectivity index (χ3n) is 5.29. The van der Waals surface area contributed by atoms with Crippen molar-refractivity contribution in [2.24, 2.45) is 0 Å². The quantitative estimate of drug-likeness (QED) is 0.480. The number of para-hydroxylation sites is 1. The summed E-state index contributed by atoms with van der Waals surface area (Å²) in [5.74, 6) is 0.656. The second-order valence-corrected chi connectivity index (χ2v) is 11.3. The summed E-state index contributed by atoms with van der Waals surface area (Å²) in [4.78, 5) is 12.7. The maximum Gasteiger partial charge on any atom is 0.264 e. The average Bonchev–Trinajstić information content (AvgIpc) is 2.79. The highest BCUT2D eigenvalue weighted by atomic mass is 35.5. The molecule has 2 aromatic rings. The summed E-state index contributed by atoms with van der Waals surface area (Å²) < 4.78 is 27.6. The molecule has 1 N–H and O–H groups in total. The Morgan fingerprint density at radius 2 is 1.71 bits per heavy atom. The molecule has 1 amide bonds. The summed E-state index contributed by atoms with van der Waals surface area (Å²) in [6, 6.07) is 14.7. The smallest absolute Gasteiger partial charge is 0.264 e. The summed E-state index contributed by atoms with van der Waals surface area (Å²) in [7, 11) is -3.94. The molecule has 0 bridgehead atoms. The van der Waals surface area contributed by atoms with Gasteiger partial charge in [-0.05, 0) is 49.3 Å². The molecule has 0 unspecified atom stereocenters. The second kappa shape index (κ2) is 11.8. The molecule has 2 aromatic carbocycles. The van der Waals surface area contributed by atoms with Gasteiger partial charge in [0.25, 0.3) is 10.0 Å². The third kappa shape index (κ3) is 6.89. The van der Waals surface area contributed by atoms with Crippen LogP contribution in [-0.2, 0) is 14.8 Å². The van der Waals surface area contributed by atoms with Gasteiger partial charge in [-0.3, -0.25) is 9.10 Å². The SMILES string of the molecule is O=C(CN(c1ccccc1Cl)S(=O)(=O)c1ccccc1)NCCCSC1CCCCC1. The summed E-state index contributed by atoms with van der Waals surface area (Å²) in [5.41, 5.74) is 0.288. The standard InChI is InChI=1S/C23H29ClN2O3S2/c24-21-14-7-8-15-22(21)26(31(28,29)20-12-5-2-6-13-20)18-23(27)25-16-9-17-30-19-10-3-1-4-11-19/h2,5-8,12-15,19H,1,3-4,9-11,16-18H2,(H,25,27). The van der Waals surface area contributed by atoms with Gasteiger partial charge in [0.15, 0.2) is 0 Å². The highest BCUT2D eigenvalue weighted by Crippen LogP contribution is 2.30. The summed E-state index contributed by atoms with van der Waals surface area (Å²) in [5, 5.41) is 3.89. The fourth-order valence-corrected chi connectivity index (χ4v) is 6.70. The van der Waals surface area contributed by atoms with Crippen molar-refractivity contribution in [2.75, 3.05) is 23.1 Å². The first-order valence-electron chi connectivity index (χ1n) is 10.7. The van der Waals surface area contributed by atoms with Crippen LogP contribution in [0, 0.1) is 0 Å². The van der Waals surface area contributed by atoms with Gasteiger partial charge in [-0.15, -0.1) is 0 Å². The topological polar surface area (TPSA) is 66.5 Å². The number of nitrogens with zero attached hydrogens (tertiary/aromatic N) is 1. The number of amides is 1. The van der Waals surface area contributed by atoms with Crippen molar-refractivity contribution in [2.45, 2.75) is 48.7 Å². The van der Waals surface area contributed by atoms with Crippen LogP contribution in [0.25, 0.3) is 0 Å². The van der Waals surface area contributed by atoms with Gasteiger partial charge < -0.3 is 5.32 Å². The number of carbonyl (C=O) groups excluding carboxylic acids is 1. The van der Waals surface area contributed by atoms with E-state index in [1.807, 2.05) is 11.8 Å². The van der Waals surface area contributed by atoms with E-state index >= 15 is 0 Å². The molecule has 1 saturated carbocycles. The summed E-state index contributed by atoms with van der Waals surface area (Å²) in [6.45, 7) is 0.205. The van der Waals surface area contributed by atoms with Crippen LogP contribution in [0.1, 0.15) is 38.5 Å². The predicted octanol–water partition coefficient (Wildman–Crippen LogP) is 5.11. The monoisotopic (exact) mass is 480 g/mol. The highest BCUT2D eigenvalue weighted by molar-refractivity contribution is 7.99. The Bertz CT molecular complexity index is 948. The van der Waals surface area contributed by atoms with Gasteiger partial charge in [0.1, 0.15) is 6.54 Å². The molecule has 0 aromatic heterocycles. The van der Waals surface area contributed by atoms with E-state index in [0.717, 1.165) is 21.7 Å². The number of halogens is 1. The Kier molecular flexibility index (Phi) is 9.11. The lowest BCUT2D eigenvalue weighted by Gasteiger charge is -2.25. The normalized spacial score (nSPS) is 14.9. The van der Waals surface area contributed by atoms with Crippen LogP contribution in [0.3, 0.4) is 0 Å². The Balaban J connectivity index is 1.61. The van der Waals surface area contributed by atoms with E-state index < -0.39 is 10.0 Å². The van der Waals surface area contributed by atoms with Crippen molar-refractivity contribution >= 4 is 45.0 Å². The van der Waals surface area contributed by atoms with E-state index in [0.29, 0.717) is 6.54 Å². The van der Waals surface area contributed by atoms with E-state index in [-0.39, 0.29) is 28.1 Å². The number of nitrogens with one attached hydrogen (secondary N) is 1. The number of hydrogen-bond acceptors (Lipinski definition) is 4. The molecule has 1 aliphatic carbocycles. The number of thioether (sulfide) groups is 1. The first-order valence-corrected chi connectivity index (χ1v) is 13.6. The molecule has 5 nitrogen and oxygen atoms in total. The Morgan fingerprint density at radius 3 is 2.42 bits per heavy atom. The number of hydrogen-bond donors (Lipinski definition) is 1. The molecule has 168 valence electrons. The number of anilines is 1. The fraction of sp³-hybridized carbons (Fsp3) is 0.435. The van der Waals surface area contributed by atoms with Crippen LogP contribution < -0.4 is 9.62 Å². The van der Waals surface area contributed by atoms with E-state index in [1.54, 1.807) is 42.5 Å². The van der Waals surface area contributed by atoms with Gasteiger partial charge in [0.05, 0.1) is 15.6 Å². The van der Waals surface area contributed by atoms with Gasteiger partial charge in [-0.1, -0.05) is 61.2 Å². The van der Waals surface area contributed by atoms with Crippen LogP contribution in [0.4, 0.5) is 5.69 Å². The molecule has 8 heteroatoms. The first-order chi connectivity index (χ1) is 15.0. The van der Waals surface area contributed by atoms with Crippen molar-refractivity contribution in [3.05, 3.63) is 59.6 Å². The van der Waals surface area contributed by atoms with E-state index in [2.05, 4.69) is 5.32 Å². The lowest BCUT2D eigenvalue weighted by atomic mass is 10.0. The molecular weight excluding hydrogens is 452 g/mol. The summed E-state index contributed by atoms with van der Waals surface area (Å²) in [6.07, 6.45) is 7.44. The van der Waals surface area contributed by atoms with Crippen LogP contribution >= 0.6 is 23.4 Å². The van der Waals surface area contributed by atoms with Crippen molar-refractivity contribution < 1.29 is 13.2 Å². The Morgan fingerprint density at radius 1 is 1.03 bits per heavy atom. The number of sulfonamides is 1. The molecule has 0 aliphatic heterocycles. The number of benzene rings is 2. The summed E-state index contributed by atoms with van der Waals surface area (Å²) >= 11 is 8.26. The van der Waals surface area contributed by atoms with Crippen molar-refractivity contribution in [1.29, 1.82) is 0 Å². The molecule has 1 fully saturated rings. The zero-order valence-electron chi connectivity index (χ0n) is 17.5. The van der Waals surface area contributed by atoms with Crippen molar-refractivity contribution in [3.8, 4) is 0 Å². The highest BCUT2D eigenvalue weighted by Gasteiger charge is 2.28. The van der Waals surface area contributed by atoms with Gasteiger partial charge >= 0.3 is 0 Å².